The molecule has 1 aliphatic heterocycles. The summed E-state index contributed by atoms with van der Waals surface area (Å²) in [4.78, 5) is 16.2. The van der Waals surface area contributed by atoms with Crippen molar-refractivity contribution < 1.29 is 9.18 Å². The van der Waals surface area contributed by atoms with Gasteiger partial charge in [-0.25, -0.2) is 4.39 Å². The van der Waals surface area contributed by atoms with Gasteiger partial charge in [0, 0.05) is 19.8 Å². The van der Waals surface area contributed by atoms with E-state index < -0.39 is 0 Å². The summed E-state index contributed by atoms with van der Waals surface area (Å²) in [5.41, 5.74) is 11.5. The number of halogens is 1. The van der Waals surface area contributed by atoms with E-state index in [0.717, 1.165) is 28.9 Å². The minimum atomic E-state index is -0.229. The Kier molecular flexibility index (Phi) is 5.66. The maximum absolute atomic E-state index is 12.8. The third kappa shape index (κ3) is 4.41. The van der Waals surface area contributed by atoms with Gasteiger partial charge in [-0.15, -0.1) is 0 Å². The summed E-state index contributed by atoms with van der Waals surface area (Å²) in [5.74, 6) is -0.229. The molecule has 3 N–H and O–H groups in total. The van der Waals surface area contributed by atoms with E-state index in [1.807, 2.05) is 37.4 Å². The second-order valence-electron chi connectivity index (χ2n) is 6.18. The van der Waals surface area contributed by atoms with Crippen molar-refractivity contribution >= 4 is 17.8 Å². The summed E-state index contributed by atoms with van der Waals surface area (Å²) in [6, 6.07) is 16.0. The molecule has 4 rings (SSSR count). The molecule has 2 heterocycles. The molecule has 1 amide bonds. The zero-order valence-corrected chi connectivity index (χ0v) is 15.0. The molecule has 0 saturated carbocycles. The van der Waals surface area contributed by atoms with Crippen LogP contribution in [0.15, 0.2) is 60.8 Å². The average Bonchev–Trinajstić information content (AvgIpc) is 3.13. The van der Waals surface area contributed by atoms with E-state index in [1.165, 1.54) is 17.7 Å². The Bertz CT molecular complexity index is 903. The molecule has 0 saturated heterocycles. The highest BCUT2D eigenvalue weighted by molar-refractivity contribution is 5.75. The van der Waals surface area contributed by atoms with Gasteiger partial charge in [-0.1, -0.05) is 24.3 Å². The van der Waals surface area contributed by atoms with Gasteiger partial charge in [0.15, 0.2) is 0 Å². The van der Waals surface area contributed by atoms with Gasteiger partial charge in [0.2, 0.25) is 6.41 Å². The van der Waals surface area contributed by atoms with Crippen molar-refractivity contribution in [2.24, 2.45) is 0 Å². The van der Waals surface area contributed by atoms with Crippen molar-refractivity contribution in [1.82, 2.24) is 9.88 Å². The molecule has 0 aliphatic carbocycles. The maximum atomic E-state index is 12.8. The van der Waals surface area contributed by atoms with E-state index in [0.29, 0.717) is 18.8 Å². The van der Waals surface area contributed by atoms with Crippen molar-refractivity contribution in [1.29, 1.82) is 0 Å². The van der Waals surface area contributed by atoms with E-state index in [1.54, 1.807) is 23.2 Å². The molecule has 3 aromatic rings. The van der Waals surface area contributed by atoms with E-state index in [-0.39, 0.29) is 5.82 Å². The topological polar surface area (TPSA) is 71.2 Å². The minimum Gasteiger partial charge on any atom is -0.397 e. The number of fused-ring (bicyclic) bond motifs is 1. The van der Waals surface area contributed by atoms with Crippen LogP contribution in [-0.4, -0.2) is 23.3 Å². The molecule has 138 valence electrons. The summed E-state index contributed by atoms with van der Waals surface area (Å²) in [6.07, 6.45) is 2.62. The van der Waals surface area contributed by atoms with Gasteiger partial charge in [-0.05, 0) is 47.0 Å². The number of anilines is 2. The molecular weight excluding hydrogens is 343 g/mol. The van der Waals surface area contributed by atoms with Gasteiger partial charge in [0.05, 0.1) is 23.6 Å². The Morgan fingerprint density at radius 1 is 1.11 bits per heavy atom. The van der Waals surface area contributed by atoms with Gasteiger partial charge < -0.3 is 16.0 Å². The number of hydrogen-bond acceptors (Lipinski definition) is 4. The third-order valence-electron chi connectivity index (χ3n) is 4.36. The number of rotatable bonds is 3. The fourth-order valence-electron chi connectivity index (χ4n) is 2.89. The number of carbonyl (C=O) groups excluding carboxylic acids is 1. The van der Waals surface area contributed by atoms with Crippen LogP contribution in [0, 0.1) is 5.82 Å². The largest absolute Gasteiger partial charge is 0.397 e. The van der Waals surface area contributed by atoms with Crippen molar-refractivity contribution in [3.8, 4) is 11.1 Å². The standard InChI is InChI=1S/C13H13FN2.C8H8N2O/c1-16-13-8-10(4-7-12(13)15)9-2-5-11(14)6-3-9;11-6-10-4-7-2-1-3-9-8(7)5-10/h2-8,16H,15H2,1H3;1-3,6H,4-5H2. The molecule has 27 heavy (non-hydrogen) atoms. The Labute approximate surface area is 157 Å². The van der Waals surface area contributed by atoms with Crippen molar-refractivity contribution in [2.75, 3.05) is 18.1 Å². The van der Waals surface area contributed by atoms with E-state index in [2.05, 4.69) is 10.3 Å². The number of pyridine rings is 1. The minimum absolute atomic E-state index is 0.229. The number of aromatic nitrogens is 1. The van der Waals surface area contributed by atoms with Gasteiger partial charge >= 0.3 is 0 Å². The summed E-state index contributed by atoms with van der Waals surface area (Å²) in [7, 11) is 1.82. The molecule has 0 spiro atoms. The van der Waals surface area contributed by atoms with Crippen LogP contribution in [0.5, 0.6) is 0 Å². The van der Waals surface area contributed by atoms with Crippen LogP contribution in [0.2, 0.25) is 0 Å². The Balaban J connectivity index is 0.000000166. The molecule has 1 aromatic heterocycles. The zero-order valence-electron chi connectivity index (χ0n) is 15.0. The Hall–Kier alpha value is -3.41. The lowest BCUT2D eigenvalue weighted by molar-refractivity contribution is -0.118. The van der Waals surface area contributed by atoms with Crippen LogP contribution in [0.3, 0.4) is 0 Å². The molecular formula is C21H21FN4O. The lowest BCUT2D eigenvalue weighted by Crippen LogP contribution is -2.12. The summed E-state index contributed by atoms with van der Waals surface area (Å²) in [5, 5.41) is 3.02. The van der Waals surface area contributed by atoms with Crippen LogP contribution in [0.25, 0.3) is 11.1 Å². The number of hydrogen-bond donors (Lipinski definition) is 2. The second kappa shape index (κ2) is 8.31. The molecule has 0 atom stereocenters. The molecule has 1 aliphatic rings. The molecule has 0 unspecified atom stereocenters. The first-order valence-electron chi connectivity index (χ1n) is 8.56. The fraction of sp³-hybridized carbons (Fsp3) is 0.143. The van der Waals surface area contributed by atoms with E-state index >= 15 is 0 Å². The monoisotopic (exact) mass is 364 g/mol. The number of nitrogens with zero attached hydrogens (tertiary/aromatic N) is 2. The van der Waals surface area contributed by atoms with Crippen molar-refractivity contribution in [3.63, 3.8) is 0 Å². The molecule has 2 aromatic carbocycles. The van der Waals surface area contributed by atoms with Gasteiger partial charge in [0.1, 0.15) is 5.82 Å². The van der Waals surface area contributed by atoms with Crippen LogP contribution in [-0.2, 0) is 17.9 Å². The first kappa shape index (κ1) is 18.4. The maximum Gasteiger partial charge on any atom is 0.210 e. The first-order chi connectivity index (χ1) is 13.1. The van der Waals surface area contributed by atoms with Gasteiger partial charge in [0.25, 0.3) is 0 Å². The summed E-state index contributed by atoms with van der Waals surface area (Å²) >= 11 is 0. The number of nitrogens with one attached hydrogen (secondary N) is 1. The summed E-state index contributed by atoms with van der Waals surface area (Å²) in [6.45, 7) is 1.38. The van der Waals surface area contributed by atoms with Crippen LogP contribution < -0.4 is 11.1 Å². The first-order valence-corrected chi connectivity index (χ1v) is 8.56. The number of amides is 1. The quantitative estimate of drug-likeness (QED) is 0.549. The molecule has 0 fully saturated rings. The highest BCUT2D eigenvalue weighted by Gasteiger charge is 2.16. The fourth-order valence-corrected chi connectivity index (χ4v) is 2.89. The number of nitrogen functional groups attached to an aromatic ring is 1. The Morgan fingerprint density at radius 2 is 1.85 bits per heavy atom. The van der Waals surface area contributed by atoms with Crippen molar-refractivity contribution in [3.05, 3.63) is 77.9 Å². The Morgan fingerprint density at radius 3 is 2.52 bits per heavy atom. The molecule has 0 bridgehead atoms. The molecule has 6 heteroatoms. The number of nitrogens with two attached hydrogens (primary N) is 1. The van der Waals surface area contributed by atoms with E-state index in [9.17, 15) is 9.18 Å². The normalized spacial score (nSPS) is 12.0. The van der Waals surface area contributed by atoms with E-state index in [4.69, 9.17) is 5.73 Å². The van der Waals surface area contributed by atoms with Gasteiger partial charge in [-0.2, -0.15) is 0 Å². The summed E-state index contributed by atoms with van der Waals surface area (Å²) < 4.78 is 12.8. The average molecular weight is 364 g/mol. The highest BCUT2D eigenvalue weighted by atomic mass is 19.1. The number of benzene rings is 2. The predicted molar refractivity (Wildman–Crippen MR) is 105 cm³/mol. The SMILES string of the molecule is CNc1cc(-c2ccc(F)cc2)ccc1N.O=CN1Cc2cccnc2C1. The second-order valence-corrected chi connectivity index (χ2v) is 6.18. The third-order valence-corrected chi connectivity index (χ3v) is 4.36. The van der Waals surface area contributed by atoms with Crippen LogP contribution >= 0.6 is 0 Å². The number of carbonyl (C=O) groups is 1. The molecule has 5 nitrogen and oxygen atoms in total. The highest BCUT2D eigenvalue weighted by Crippen LogP contribution is 2.27. The van der Waals surface area contributed by atoms with Gasteiger partial charge in [-0.3, -0.25) is 9.78 Å². The van der Waals surface area contributed by atoms with Crippen molar-refractivity contribution in [2.45, 2.75) is 13.1 Å². The lowest BCUT2D eigenvalue weighted by Gasteiger charge is -2.08. The molecule has 0 radical (unpaired) electrons. The van der Waals surface area contributed by atoms with Crippen LogP contribution in [0.1, 0.15) is 11.3 Å². The van der Waals surface area contributed by atoms with Crippen LogP contribution in [0.4, 0.5) is 15.8 Å². The predicted octanol–water partition coefficient (Wildman–Crippen LogP) is 3.67. The smallest absolute Gasteiger partial charge is 0.210 e. The zero-order chi connectivity index (χ0) is 19.2. The lowest BCUT2D eigenvalue weighted by atomic mass is 10.0.